The number of likely N-dealkylation sites (tertiary alicyclic amines) is 1. The van der Waals surface area contributed by atoms with Crippen molar-refractivity contribution in [2.75, 3.05) is 316 Å². The molecule has 824 valence electrons. The Morgan fingerprint density at radius 1 is 0.324 bits per heavy atom. The van der Waals surface area contributed by atoms with Crippen LogP contribution in [-0.2, 0) is 27.3 Å². The van der Waals surface area contributed by atoms with Crippen LogP contribution in [0.2, 0.25) is 0 Å². The predicted molar refractivity (Wildman–Crippen MR) is 606 cm³/mol. The van der Waals surface area contributed by atoms with E-state index in [2.05, 4.69) is 357 Å². The third-order valence-corrected chi connectivity index (χ3v) is 29.9. The molecule has 0 spiro atoms. The summed E-state index contributed by atoms with van der Waals surface area (Å²) in [7, 11) is 0. The lowest BCUT2D eigenvalue weighted by Gasteiger charge is -2.43. The zero-order valence-electron chi connectivity index (χ0n) is 97.0. The van der Waals surface area contributed by atoms with Gasteiger partial charge in [0.2, 0.25) is 11.8 Å². The molecule has 0 saturated carbocycles. The number of hydrogen-bond donors (Lipinski definition) is 2. The van der Waals surface area contributed by atoms with Crippen LogP contribution in [0.5, 0.6) is 0 Å². The van der Waals surface area contributed by atoms with E-state index in [1.54, 1.807) is 12.4 Å². The van der Waals surface area contributed by atoms with Gasteiger partial charge in [-0.2, -0.15) is 0 Å². The first kappa shape index (κ1) is 125. The van der Waals surface area contributed by atoms with E-state index in [4.69, 9.17) is 15.6 Å². The number of benzene rings is 2. The van der Waals surface area contributed by atoms with E-state index in [0.717, 1.165) is 195 Å². The lowest BCUT2D eigenvalue weighted by atomic mass is 10.0. The molecule has 3 aromatic heterocycles. The fourth-order valence-electron chi connectivity index (χ4n) is 20.0. The number of halogens is 1. The van der Waals surface area contributed by atoms with Gasteiger partial charge in [0.05, 0.1) is 39.1 Å². The molecule has 15 rings (SSSR count). The fourth-order valence-corrected chi connectivity index (χ4v) is 20.0. The lowest BCUT2D eigenvalue weighted by Crippen LogP contribution is -2.54. The van der Waals surface area contributed by atoms with E-state index in [-0.39, 0.29) is 40.5 Å². The van der Waals surface area contributed by atoms with Gasteiger partial charge in [-0.3, -0.25) is 88.2 Å². The van der Waals surface area contributed by atoms with Crippen molar-refractivity contribution in [2.24, 2.45) is 5.73 Å². The second-order valence-corrected chi connectivity index (χ2v) is 50.0. The first-order valence-corrected chi connectivity index (χ1v) is 55.6. The number of primary amides is 1. The molecule has 13 heterocycles. The van der Waals surface area contributed by atoms with Crippen LogP contribution >= 0.6 is 0 Å². The maximum atomic E-state index is 12.8. The molecule has 10 aliphatic heterocycles. The summed E-state index contributed by atoms with van der Waals surface area (Å²) in [5.41, 5.74) is 13.0. The molecular formula is C116H209FN24O4. The molecule has 5 aromatic rings. The topological polar surface area (TPSA) is 203 Å². The number of aromatic nitrogens is 4. The standard InChI is InChI=1S/C15H25N3.C14H21FN2.C14H27N3O.C14H23N3.C14H22N2.C12H20N4.C12H26N2O2.C11H24N2.C10H21N3O/c1-15(2,3)18-12-10-17(11-13-18)9-6-14-4-7-16-8-5-14;1-14(2,3)17-10-8-16(9-11-17)13-6-4-12(15)5-7-13;1-14(2,3)17-10-8-15(9-11-17)12-13(18)16-6-4-5-7-16;1-14(2,3)17-10-8-16(9-11-17)12-13-4-6-15-7-5-13;1-14(2,3)16-11-9-15(10-12-16)13-7-5-4-6-8-13;1-12(2,3)16-8-6-15(7-9-16)11-10-13-4-5-14-11;1-12(2,3)14-6-4-13(5-7-14)8-10-16-11-9-15;1-5-6-12-7-9-13(10-8-12)11(2,3)4;1-10(2,3)13-6-4-12(5-7-13)8-9(11)14/h4-5,7-8H,6,9-13H2,1-3H3;4-7H,8-11H2,1-3H3;4-12H2,1-3H3;4-7H,8-12H2,1-3H3;4-8H,9-12H2,1-3H3;4-5,10H,6-9H2,1-3H3;15H,4-11H2,1-3H3;5-10H2,1-4H3;4-8H2,1-3H3,(H2,11,14). The average Bonchev–Trinajstić information content (AvgIpc) is 1.29. The number of nitrogens with zero attached hydrogens (tertiary/aromatic N) is 23. The first-order valence-electron chi connectivity index (χ1n) is 55.6. The van der Waals surface area contributed by atoms with Crippen molar-refractivity contribution in [3.8, 4) is 0 Å². The number of pyridine rings is 2. The number of carbonyl (C=O) groups is 2. The Labute approximate surface area is 883 Å². The summed E-state index contributed by atoms with van der Waals surface area (Å²) in [5, 5.41) is 8.58. The van der Waals surface area contributed by atoms with E-state index in [1.165, 1.54) is 153 Å². The number of anilines is 3. The zero-order chi connectivity index (χ0) is 107. The molecule has 2 amide bonds. The van der Waals surface area contributed by atoms with Gasteiger partial charge in [0.1, 0.15) is 11.6 Å². The molecule has 0 atom stereocenters. The van der Waals surface area contributed by atoms with E-state index >= 15 is 0 Å². The molecule has 0 bridgehead atoms. The summed E-state index contributed by atoms with van der Waals surface area (Å²) < 4.78 is 18.1. The van der Waals surface area contributed by atoms with Crippen LogP contribution in [0.4, 0.5) is 21.6 Å². The third-order valence-electron chi connectivity index (χ3n) is 29.9. The van der Waals surface area contributed by atoms with E-state index in [1.807, 2.05) is 48.0 Å². The maximum absolute atomic E-state index is 12.8. The Morgan fingerprint density at radius 2 is 0.634 bits per heavy atom. The van der Waals surface area contributed by atoms with Gasteiger partial charge in [-0.05, 0) is 291 Å². The largest absolute Gasteiger partial charge is 0.394 e. The summed E-state index contributed by atoms with van der Waals surface area (Å²) >= 11 is 0. The average molecular weight is 2020 g/mol. The van der Waals surface area contributed by atoms with Crippen LogP contribution in [0.15, 0.2) is 122 Å². The minimum absolute atomic E-state index is 0.123. The minimum atomic E-state index is -0.228. The maximum Gasteiger partial charge on any atom is 0.236 e. The van der Waals surface area contributed by atoms with Crippen LogP contribution in [0.3, 0.4) is 0 Å². The Balaban J connectivity index is 0.000000221. The van der Waals surface area contributed by atoms with Crippen molar-refractivity contribution in [3.63, 3.8) is 0 Å². The minimum Gasteiger partial charge on any atom is -0.394 e. The van der Waals surface area contributed by atoms with E-state index in [0.29, 0.717) is 53.3 Å². The van der Waals surface area contributed by atoms with Crippen LogP contribution in [0.1, 0.15) is 224 Å². The van der Waals surface area contributed by atoms with Gasteiger partial charge in [0, 0.05) is 367 Å². The fraction of sp³-hybridized carbons (Fsp3) is 0.759. The van der Waals surface area contributed by atoms with Gasteiger partial charge in [0.25, 0.3) is 0 Å². The van der Waals surface area contributed by atoms with Crippen LogP contribution in [0, 0.1) is 5.82 Å². The first-order chi connectivity index (χ1) is 68.1. The number of ether oxygens (including phenoxy) is 1. The summed E-state index contributed by atoms with van der Waals surface area (Å²) in [4.78, 5) is 85.7. The van der Waals surface area contributed by atoms with Gasteiger partial charge in [0.15, 0.2) is 0 Å². The van der Waals surface area contributed by atoms with E-state index < -0.39 is 0 Å². The summed E-state index contributed by atoms with van der Waals surface area (Å²) in [6, 6.07) is 26.0. The molecule has 10 aliphatic rings. The van der Waals surface area contributed by atoms with Crippen molar-refractivity contribution >= 4 is 29.0 Å². The molecule has 145 heavy (non-hydrogen) atoms. The van der Waals surface area contributed by atoms with Crippen molar-refractivity contribution in [1.82, 2.24) is 98.3 Å². The number of aliphatic hydroxyl groups excluding tert-OH is 1. The highest BCUT2D eigenvalue weighted by atomic mass is 19.1. The second kappa shape index (κ2) is 61.2. The van der Waals surface area contributed by atoms with Crippen molar-refractivity contribution in [2.45, 2.75) is 276 Å². The molecule has 10 saturated heterocycles. The van der Waals surface area contributed by atoms with Gasteiger partial charge >= 0.3 is 0 Å². The molecule has 0 radical (unpaired) electrons. The van der Waals surface area contributed by atoms with Crippen LogP contribution < -0.4 is 20.4 Å². The van der Waals surface area contributed by atoms with Crippen LogP contribution in [-0.4, -0.2) is 466 Å². The van der Waals surface area contributed by atoms with Crippen molar-refractivity contribution in [1.29, 1.82) is 0 Å². The summed E-state index contributed by atoms with van der Waals surface area (Å²) in [6.45, 7) is 113. The molecule has 28 nitrogen and oxygen atoms in total. The van der Waals surface area contributed by atoms with Gasteiger partial charge in [-0.25, -0.2) is 9.37 Å². The molecule has 0 aliphatic carbocycles. The number of amides is 2. The summed E-state index contributed by atoms with van der Waals surface area (Å²) in [5.74, 6) is 0.934. The molecule has 3 N–H and O–H groups in total. The Hall–Kier alpha value is -6.59. The Morgan fingerprint density at radius 3 is 0.966 bits per heavy atom. The molecule has 0 unspecified atom stereocenters. The summed E-state index contributed by atoms with van der Waals surface area (Å²) in [6.07, 6.45) is 17.6. The number of piperazine rings is 9. The highest BCUT2D eigenvalue weighted by molar-refractivity contribution is 5.78. The third kappa shape index (κ3) is 48.3. The number of rotatable bonds is 19. The number of para-hydroxylation sites is 1. The van der Waals surface area contributed by atoms with Gasteiger partial charge in [-0.1, -0.05) is 25.1 Å². The predicted octanol–water partition coefficient (Wildman–Crippen LogP) is 13.9. The number of carbonyl (C=O) groups excluding carboxylic acids is 2. The smallest absolute Gasteiger partial charge is 0.236 e. The number of hydrogen-bond acceptors (Lipinski definition) is 26. The van der Waals surface area contributed by atoms with Crippen molar-refractivity contribution in [3.05, 3.63) is 139 Å². The van der Waals surface area contributed by atoms with Gasteiger partial charge in [-0.15, -0.1) is 0 Å². The molecule has 10 fully saturated rings. The Kier molecular flexibility index (Phi) is 52.9. The monoisotopic (exact) mass is 2020 g/mol. The van der Waals surface area contributed by atoms with Gasteiger partial charge < -0.3 is 45.0 Å². The Bertz CT molecular complexity index is 4130. The lowest BCUT2D eigenvalue weighted by molar-refractivity contribution is -0.132. The normalized spacial score (nSPS) is 20.2. The number of aliphatic hydroxyl groups is 1. The van der Waals surface area contributed by atoms with E-state index in [9.17, 15) is 14.0 Å². The second-order valence-electron chi connectivity index (χ2n) is 50.0. The highest BCUT2D eigenvalue weighted by Crippen LogP contribution is 2.28. The molecule has 29 heteroatoms. The molecule has 2 aromatic carbocycles. The van der Waals surface area contributed by atoms with Crippen LogP contribution in [0.25, 0.3) is 0 Å². The number of nitrogens with two attached hydrogens (primary N) is 1. The quantitative estimate of drug-likeness (QED) is 0.0738. The van der Waals surface area contributed by atoms with Crippen molar-refractivity contribution < 1.29 is 23.8 Å². The SMILES string of the molecule is CC(C)(C)N1CCN(CC(=O)N2CCCC2)CC1.CC(C)(C)N1CCN(CC(N)=O)CC1.CC(C)(C)N1CCN(CCOCCO)CC1.CC(C)(C)N1CCN(CCc2ccncc2)CC1.CC(C)(C)N1CCN(Cc2ccncc2)CC1.CC(C)(C)N1CCN(c2ccc(F)cc2)CC1.CC(C)(C)N1CCN(c2ccccc2)CC1.CC(C)(C)N1CCN(c2cnccn2)CC1.CCCN1CCN(C(C)(C)C)CC1. The molecular weight excluding hydrogens is 1810 g/mol. The zero-order valence-corrected chi connectivity index (χ0v) is 97.0. The highest BCUT2D eigenvalue weighted by Gasteiger charge is 2.35.